The van der Waals surface area contributed by atoms with Crippen LogP contribution in [0.15, 0.2) is 30.3 Å². The van der Waals surface area contributed by atoms with Crippen LogP contribution in [0.3, 0.4) is 0 Å². The number of likely N-dealkylation sites (tertiary alicyclic amines) is 2. The maximum atomic E-state index is 12.4. The molecule has 0 unspecified atom stereocenters. The number of unbranched alkanes of at least 4 members (excludes halogenated alkanes) is 5. The van der Waals surface area contributed by atoms with E-state index in [2.05, 4.69) is 112 Å². The van der Waals surface area contributed by atoms with Crippen LogP contribution in [0, 0.1) is 0 Å². The Morgan fingerprint density at radius 1 is 0.527 bits per heavy atom. The predicted octanol–water partition coefficient (Wildman–Crippen LogP) is 9.65. The van der Waals surface area contributed by atoms with Crippen molar-refractivity contribution >= 4 is 17.9 Å². The van der Waals surface area contributed by atoms with Gasteiger partial charge in [0.25, 0.3) is 0 Å². The van der Waals surface area contributed by atoms with E-state index in [1.165, 1.54) is 0 Å². The first kappa shape index (κ1) is 46.9. The highest BCUT2D eigenvalue weighted by Gasteiger charge is 2.45. The molecule has 3 heterocycles. The van der Waals surface area contributed by atoms with Gasteiger partial charge in [0.2, 0.25) is 0 Å². The van der Waals surface area contributed by atoms with Crippen LogP contribution >= 0.6 is 0 Å². The standard InChI is InChI=1S/C30H56N2O4.C16H23NO2/c1-27(2)19-23(20-28(3,4)31(27)9)35-25(33)17-15-13-11-12-14-16-18-26(34)36-24-21-29(5,6)32(10)30(7,8)22-24;1-15(2)10-13(11-16(3,4)17-15)19-14(18)12-8-6-5-7-9-12/h23-24H,11-22H2,1-10H3;5-9,13,17H,10-11H2,1-4H3. The Balaban J connectivity index is 0.000000357. The molecular formula is C46H79N3O6. The monoisotopic (exact) mass is 770 g/mol. The van der Waals surface area contributed by atoms with Crippen LogP contribution in [0.4, 0.5) is 0 Å². The normalized spacial score (nSPS) is 23.5. The summed E-state index contributed by atoms with van der Waals surface area (Å²) in [6.45, 7) is 26.4. The van der Waals surface area contributed by atoms with E-state index in [1.54, 1.807) is 12.1 Å². The zero-order valence-corrected chi connectivity index (χ0v) is 37.4. The van der Waals surface area contributed by atoms with E-state index in [1.807, 2.05) is 18.2 Å². The van der Waals surface area contributed by atoms with Crippen molar-refractivity contribution in [3.63, 3.8) is 0 Å². The van der Waals surface area contributed by atoms with Crippen LogP contribution in [0.5, 0.6) is 0 Å². The second-order valence-corrected chi connectivity index (χ2v) is 20.7. The van der Waals surface area contributed by atoms with E-state index in [0.717, 1.165) is 77.0 Å². The zero-order valence-electron chi connectivity index (χ0n) is 37.4. The minimum atomic E-state index is -0.223. The van der Waals surface area contributed by atoms with Gasteiger partial charge in [0.05, 0.1) is 5.56 Å². The molecule has 0 aromatic heterocycles. The molecule has 0 aliphatic carbocycles. The van der Waals surface area contributed by atoms with Crippen molar-refractivity contribution in [3.05, 3.63) is 35.9 Å². The van der Waals surface area contributed by atoms with Gasteiger partial charge in [-0.2, -0.15) is 0 Å². The highest BCUT2D eigenvalue weighted by molar-refractivity contribution is 5.89. The van der Waals surface area contributed by atoms with Gasteiger partial charge in [-0.05, 0) is 122 Å². The smallest absolute Gasteiger partial charge is 0.338 e. The largest absolute Gasteiger partial charge is 0.462 e. The van der Waals surface area contributed by atoms with E-state index in [-0.39, 0.29) is 69.5 Å². The number of esters is 3. The second-order valence-electron chi connectivity index (χ2n) is 20.7. The minimum Gasteiger partial charge on any atom is -0.462 e. The van der Waals surface area contributed by atoms with Gasteiger partial charge in [0.1, 0.15) is 18.3 Å². The number of ether oxygens (including phenoxy) is 3. The Labute approximate surface area is 335 Å². The van der Waals surface area contributed by atoms with E-state index < -0.39 is 0 Å². The molecule has 0 radical (unpaired) electrons. The van der Waals surface area contributed by atoms with Crippen LogP contribution in [0.25, 0.3) is 0 Å². The molecule has 4 rings (SSSR count). The lowest BCUT2D eigenvalue weighted by molar-refractivity contribution is -0.160. The lowest BCUT2D eigenvalue weighted by atomic mass is 9.78. The quantitative estimate of drug-likeness (QED) is 0.120. The molecule has 3 aliphatic rings. The number of rotatable bonds is 13. The molecule has 1 aromatic rings. The number of nitrogens with one attached hydrogen (secondary N) is 1. The van der Waals surface area contributed by atoms with Gasteiger partial charge >= 0.3 is 17.9 Å². The van der Waals surface area contributed by atoms with Crippen LogP contribution in [-0.4, -0.2) is 93.3 Å². The first-order valence-corrected chi connectivity index (χ1v) is 21.2. The summed E-state index contributed by atoms with van der Waals surface area (Å²) in [5, 5.41) is 3.58. The third-order valence-corrected chi connectivity index (χ3v) is 12.6. The molecule has 1 N–H and O–H groups in total. The Kier molecular flexibility index (Phi) is 16.1. The third kappa shape index (κ3) is 14.8. The molecule has 9 nitrogen and oxygen atoms in total. The van der Waals surface area contributed by atoms with Gasteiger partial charge in [-0.15, -0.1) is 0 Å². The van der Waals surface area contributed by atoms with Crippen molar-refractivity contribution in [3.8, 4) is 0 Å². The predicted molar refractivity (Wildman–Crippen MR) is 223 cm³/mol. The van der Waals surface area contributed by atoms with Crippen molar-refractivity contribution in [2.45, 2.75) is 225 Å². The van der Waals surface area contributed by atoms with E-state index in [4.69, 9.17) is 14.2 Å². The van der Waals surface area contributed by atoms with Crippen molar-refractivity contribution < 1.29 is 28.6 Å². The minimum absolute atomic E-state index is 0.00474. The number of hydrogen-bond acceptors (Lipinski definition) is 9. The maximum absolute atomic E-state index is 12.4. The molecule has 0 amide bonds. The maximum Gasteiger partial charge on any atom is 0.338 e. The fourth-order valence-electron chi connectivity index (χ4n) is 9.57. The number of nitrogens with zero attached hydrogens (tertiary/aromatic N) is 2. The molecule has 9 heteroatoms. The van der Waals surface area contributed by atoms with Crippen molar-refractivity contribution in [1.82, 2.24) is 15.1 Å². The molecule has 3 aliphatic heterocycles. The number of benzene rings is 1. The first-order chi connectivity index (χ1) is 25.2. The average molecular weight is 770 g/mol. The zero-order chi connectivity index (χ0) is 41.5. The van der Waals surface area contributed by atoms with E-state index in [0.29, 0.717) is 18.4 Å². The average Bonchev–Trinajstić information content (AvgIpc) is 3.02. The molecule has 0 spiro atoms. The summed E-state index contributed by atoms with van der Waals surface area (Å²) in [4.78, 5) is 41.7. The fraction of sp³-hybridized carbons (Fsp3) is 0.804. The fourth-order valence-corrected chi connectivity index (χ4v) is 9.57. The van der Waals surface area contributed by atoms with Crippen LogP contribution in [0.1, 0.15) is 183 Å². The molecule has 314 valence electrons. The molecule has 0 atom stereocenters. The summed E-state index contributed by atoms with van der Waals surface area (Å²) >= 11 is 0. The molecule has 3 fully saturated rings. The summed E-state index contributed by atoms with van der Waals surface area (Å²) < 4.78 is 17.4. The lowest BCUT2D eigenvalue weighted by Crippen LogP contribution is -2.60. The van der Waals surface area contributed by atoms with Gasteiger partial charge in [-0.3, -0.25) is 19.4 Å². The second kappa shape index (κ2) is 18.8. The molecule has 1 aromatic carbocycles. The Morgan fingerprint density at radius 3 is 1.22 bits per heavy atom. The summed E-state index contributed by atoms with van der Waals surface area (Å²) in [6, 6.07) is 9.19. The number of carbonyl (C=O) groups is 3. The van der Waals surface area contributed by atoms with Gasteiger partial charge in [0.15, 0.2) is 0 Å². The third-order valence-electron chi connectivity index (χ3n) is 12.6. The van der Waals surface area contributed by atoms with Crippen LogP contribution < -0.4 is 5.32 Å². The van der Waals surface area contributed by atoms with Crippen molar-refractivity contribution in [1.29, 1.82) is 0 Å². The molecule has 0 saturated carbocycles. The SMILES string of the molecule is CC1(C)CC(OC(=O)c2ccccc2)CC(C)(C)N1.CN1C(C)(C)CC(OC(=O)CCCCCCCCC(=O)OC2CC(C)(C)N(C)C(C)(C)C2)CC1(C)C. The highest BCUT2D eigenvalue weighted by atomic mass is 16.6. The van der Waals surface area contributed by atoms with E-state index >= 15 is 0 Å². The first-order valence-electron chi connectivity index (χ1n) is 21.2. The van der Waals surface area contributed by atoms with Gasteiger partial charge < -0.3 is 19.5 Å². The highest BCUT2D eigenvalue weighted by Crippen LogP contribution is 2.39. The lowest BCUT2D eigenvalue weighted by Gasteiger charge is -2.53. The number of carbonyl (C=O) groups excluding carboxylic acids is 3. The van der Waals surface area contributed by atoms with Crippen molar-refractivity contribution in [2.24, 2.45) is 0 Å². The summed E-state index contributed by atoms with van der Waals surface area (Å²) in [7, 11) is 4.33. The number of hydrogen-bond donors (Lipinski definition) is 1. The van der Waals surface area contributed by atoms with Crippen molar-refractivity contribution in [2.75, 3.05) is 14.1 Å². The molecule has 0 bridgehead atoms. The van der Waals surface area contributed by atoms with Gasteiger partial charge in [-0.1, -0.05) is 43.9 Å². The Morgan fingerprint density at radius 2 is 0.855 bits per heavy atom. The molecule has 3 saturated heterocycles. The Hall–Kier alpha value is -2.49. The van der Waals surface area contributed by atoms with Gasteiger partial charge in [-0.25, -0.2) is 4.79 Å². The summed E-state index contributed by atoms with van der Waals surface area (Å²) in [5.74, 6) is -0.336. The molecule has 55 heavy (non-hydrogen) atoms. The molecular weight excluding hydrogens is 691 g/mol. The van der Waals surface area contributed by atoms with E-state index in [9.17, 15) is 14.4 Å². The summed E-state index contributed by atoms with van der Waals surface area (Å²) in [5.41, 5.74) is 0.710. The van der Waals surface area contributed by atoms with Gasteiger partial charge in [0, 0.05) is 84.6 Å². The topological polar surface area (TPSA) is 97.4 Å². The number of piperidine rings is 3. The van der Waals surface area contributed by atoms with Crippen LogP contribution in [0.2, 0.25) is 0 Å². The Bertz CT molecular complexity index is 1290. The van der Waals surface area contributed by atoms with Crippen LogP contribution in [-0.2, 0) is 23.8 Å². The summed E-state index contributed by atoms with van der Waals surface area (Å²) in [6.07, 6.45) is 12.2.